The molecule has 606 valence electrons. The summed E-state index contributed by atoms with van der Waals surface area (Å²) < 4.78 is 84.5. The van der Waals surface area contributed by atoms with Crippen LogP contribution in [0.15, 0.2) is 11.6 Å². The number of allylic oxidation sites excluding steroid dienone is 2. The summed E-state index contributed by atoms with van der Waals surface area (Å²) >= 11 is 0. The molecule has 11 fully saturated rings. The second-order valence-electron chi connectivity index (χ2n) is 33.6. The molecule has 0 aromatic carbocycles. The third-order valence-corrected chi connectivity index (χ3v) is 26.8. The summed E-state index contributed by atoms with van der Waals surface area (Å²) in [5.74, 6) is -4.10. The molecule has 12 rings (SSSR count). The number of carbonyl (C=O) groups is 3. The van der Waals surface area contributed by atoms with Gasteiger partial charge in [0.15, 0.2) is 43.8 Å². The number of carbonyl (C=O) groups excluding carboxylic acids is 2. The van der Waals surface area contributed by atoms with E-state index in [4.69, 9.17) is 66.3 Å². The fourth-order valence-corrected chi connectivity index (χ4v) is 20.2. The summed E-state index contributed by atoms with van der Waals surface area (Å²) in [6.07, 6.45) is -55.8. The van der Waals surface area contributed by atoms with E-state index in [-0.39, 0.29) is 25.2 Å². The molecule has 0 bridgehead atoms. The highest BCUT2D eigenvalue weighted by Gasteiger charge is 2.73. The number of aliphatic hydroxyl groups is 18. The maximum Gasteiger partial charge on any atom is 0.335 e. The Morgan fingerprint density at radius 1 is 0.491 bits per heavy atom. The molecule has 36 nitrogen and oxygen atoms in total. The van der Waals surface area contributed by atoms with Crippen LogP contribution >= 0.6 is 0 Å². The summed E-state index contributed by atoms with van der Waals surface area (Å²) in [5.41, 5.74) is -4.89. The standard InChI is InChI=1S/C70H110O36/c1-24-36(76)40(80)45(85)59(95-24)103-53-49(89)62(97-26(3)51(53)101-60-47(87)42(82)50(25(2)96-60)100-57-43(83)37(77)29(73)21-93-57)106-64(92)70-17-16-65(4,5)18-28(70)27-10-11-33-66(6)14-13-35(67(7,23-72)32(66)12-15-68(33,8)69(27,9)19-34(70)75)99-63-55(105-61-46(86)41(81)39(79)31(20-71)98-61)52(48(88)54(104-63)56(90)91)102-58-44(84)38(78)30(74)22-94-58/h10,23-26,28-55,57-63,71,73-89H,11-22H2,1-9H3,(H,90,91)/t24?,25?,26-,28+,29?,30-,31-,32?,33?,34-,35+,36?,37?,38+,39+,40?,41+,42?,43?,44-,45?,46-,47?,48+,49-,50?,51+,52+,53-,54+,55-,57?,58+,59?,60?,61+,62+,63-,66+,67+,68-,69-,70-/m1/s1. The monoisotopic (exact) mass is 1530 g/mol. The van der Waals surface area contributed by atoms with Crippen molar-refractivity contribution in [2.75, 3.05) is 19.8 Å². The number of fused-ring (bicyclic) bond motifs is 7. The molecule has 106 heavy (non-hydrogen) atoms. The first kappa shape index (κ1) is 82.6. The van der Waals surface area contributed by atoms with E-state index in [0.717, 1.165) is 11.9 Å². The van der Waals surface area contributed by atoms with Crippen LogP contribution in [-0.2, 0) is 80.7 Å². The predicted octanol–water partition coefficient (Wildman–Crippen LogP) is -5.96. The van der Waals surface area contributed by atoms with Crippen LogP contribution in [0.3, 0.4) is 0 Å². The quantitative estimate of drug-likeness (QED) is 0.0279. The molecule has 7 saturated heterocycles. The van der Waals surface area contributed by atoms with Crippen LogP contribution in [0.1, 0.15) is 120 Å². The molecule has 0 aromatic rings. The topological polar surface area (TPSA) is 565 Å². The maximum absolute atomic E-state index is 15.8. The lowest BCUT2D eigenvalue weighted by Gasteiger charge is -2.71. The van der Waals surface area contributed by atoms with E-state index >= 15 is 4.79 Å². The molecular formula is C70H110O36. The van der Waals surface area contributed by atoms with Crippen molar-refractivity contribution in [3.8, 4) is 0 Å². The molecule has 0 amide bonds. The van der Waals surface area contributed by atoms with Gasteiger partial charge >= 0.3 is 11.9 Å². The number of esters is 1. The average Bonchev–Trinajstić information content (AvgIpc) is 0.670. The summed E-state index contributed by atoms with van der Waals surface area (Å²) in [6.45, 7) is 14.5. The molecule has 19 N–H and O–H groups in total. The minimum Gasteiger partial charge on any atom is -0.479 e. The van der Waals surface area contributed by atoms with Crippen LogP contribution in [0.2, 0.25) is 0 Å². The van der Waals surface area contributed by atoms with E-state index in [1.165, 1.54) is 20.8 Å². The van der Waals surface area contributed by atoms with Crippen molar-refractivity contribution in [2.45, 2.75) is 335 Å². The number of aliphatic hydroxyl groups excluding tert-OH is 18. The Morgan fingerprint density at radius 3 is 1.61 bits per heavy atom. The largest absolute Gasteiger partial charge is 0.479 e. The van der Waals surface area contributed by atoms with Gasteiger partial charge in [-0.1, -0.05) is 53.2 Å². The van der Waals surface area contributed by atoms with Crippen molar-refractivity contribution in [3.63, 3.8) is 0 Å². The second-order valence-corrected chi connectivity index (χ2v) is 33.6. The number of aldehydes is 1. The summed E-state index contributed by atoms with van der Waals surface area (Å²) in [7, 11) is 0. The van der Waals surface area contributed by atoms with Gasteiger partial charge in [0.2, 0.25) is 6.29 Å². The molecular weight excluding hydrogens is 1420 g/mol. The number of ether oxygens (including phenoxy) is 14. The molecule has 7 aliphatic heterocycles. The van der Waals surface area contributed by atoms with Gasteiger partial charge in [0.25, 0.3) is 0 Å². The number of rotatable bonds is 17. The van der Waals surface area contributed by atoms with E-state index in [1.54, 1.807) is 6.92 Å². The molecule has 7 heterocycles. The van der Waals surface area contributed by atoms with E-state index in [0.29, 0.717) is 38.5 Å². The Kier molecular flexibility index (Phi) is 24.0. The summed E-state index contributed by atoms with van der Waals surface area (Å²) in [6, 6.07) is 0. The fourth-order valence-electron chi connectivity index (χ4n) is 20.2. The number of hydrogen-bond acceptors (Lipinski definition) is 35. The van der Waals surface area contributed by atoms with Gasteiger partial charge in [-0.05, 0) is 118 Å². The van der Waals surface area contributed by atoms with Crippen LogP contribution in [0, 0.1) is 50.2 Å². The first-order valence-corrected chi connectivity index (χ1v) is 36.9. The van der Waals surface area contributed by atoms with Crippen LogP contribution < -0.4 is 0 Å². The highest BCUT2D eigenvalue weighted by Crippen LogP contribution is 2.76. The Morgan fingerprint density at radius 2 is 1.01 bits per heavy atom. The average molecular weight is 1530 g/mol. The molecule has 0 radical (unpaired) electrons. The third-order valence-electron chi connectivity index (χ3n) is 26.8. The van der Waals surface area contributed by atoms with Crippen molar-refractivity contribution >= 4 is 18.2 Å². The van der Waals surface area contributed by atoms with Crippen LogP contribution in [0.25, 0.3) is 0 Å². The van der Waals surface area contributed by atoms with Gasteiger partial charge in [-0.2, -0.15) is 0 Å². The zero-order chi connectivity index (χ0) is 77.5. The van der Waals surface area contributed by atoms with Crippen molar-refractivity contribution < 1.29 is 178 Å². The molecule has 0 aromatic heterocycles. The third kappa shape index (κ3) is 14.0. The zero-order valence-electron chi connectivity index (χ0n) is 60.5. The lowest BCUT2D eigenvalue weighted by molar-refractivity contribution is -0.391. The summed E-state index contributed by atoms with van der Waals surface area (Å²) in [4.78, 5) is 43.1. The SMILES string of the molecule is CC1OC(O[C@@H]2[C@@H](O)[C@H](OC(=O)[C@]34CCC(C)(C)C[C@H]3C3=CCC5[C@@]6(C)CC[C@H](O[C@@H]7O[C@H](C(=O)O)[C@@H](O)[C@H](O[C@@H]8OC[C@@H](O)[C@H](O)[C@H]8O)[C@H]7O[C@@H]7O[C@H](CO)[C@H](O)[C@H](O)[C@H]7O)[C@@](C)(C=O)C6CC[C@@]5(C)[C@]3(C)C[C@H]4O)O[C@H](C)[C@@H]2OC2OC(C)C(OC3OCC(O)C(O)C3O)C(O)C2O)C(O)C(O)C1O. The van der Waals surface area contributed by atoms with E-state index in [2.05, 4.69) is 40.7 Å². The molecule has 0 spiro atoms. The maximum atomic E-state index is 15.8. The van der Waals surface area contributed by atoms with Gasteiger partial charge in [-0.25, -0.2) is 4.79 Å². The van der Waals surface area contributed by atoms with Crippen molar-refractivity contribution in [3.05, 3.63) is 11.6 Å². The van der Waals surface area contributed by atoms with Gasteiger partial charge in [0, 0.05) is 0 Å². The minimum absolute atomic E-state index is 0.0288. The number of hydrogen-bond donors (Lipinski definition) is 19. The Bertz CT molecular complexity index is 3120. The second kappa shape index (κ2) is 30.8. The molecule has 43 atom stereocenters. The lowest BCUT2D eigenvalue weighted by atomic mass is 9.33. The van der Waals surface area contributed by atoms with Gasteiger partial charge in [-0.3, -0.25) is 4.79 Å². The fraction of sp³-hybridized carbons (Fsp3) is 0.929. The lowest BCUT2D eigenvalue weighted by Crippen LogP contribution is -2.69. The van der Waals surface area contributed by atoms with E-state index in [1.807, 2.05) is 0 Å². The highest BCUT2D eigenvalue weighted by molar-refractivity contribution is 5.80. The van der Waals surface area contributed by atoms with Gasteiger partial charge in [0.05, 0.1) is 55.8 Å². The molecule has 4 saturated carbocycles. The van der Waals surface area contributed by atoms with Crippen LogP contribution in [0.4, 0.5) is 0 Å². The molecule has 12 aliphatic rings. The number of carboxylic acids is 1. The zero-order valence-corrected chi connectivity index (χ0v) is 60.5. The van der Waals surface area contributed by atoms with Crippen molar-refractivity contribution in [1.29, 1.82) is 0 Å². The summed E-state index contributed by atoms with van der Waals surface area (Å²) in [5, 5.41) is 210. The van der Waals surface area contributed by atoms with Crippen molar-refractivity contribution in [1.82, 2.24) is 0 Å². The van der Waals surface area contributed by atoms with E-state index < -0.39 is 291 Å². The Hall–Kier alpha value is -2.89. The van der Waals surface area contributed by atoms with Gasteiger partial charge in [-0.15, -0.1) is 0 Å². The molecule has 36 heteroatoms. The predicted molar refractivity (Wildman–Crippen MR) is 347 cm³/mol. The Balaban J connectivity index is 0.806. The first-order chi connectivity index (χ1) is 49.6. The van der Waals surface area contributed by atoms with Gasteiger partial charge < -0.3 is 168 Å². The smallest absolute Gasteiger partial charge is 0.335 e. The molecule has 5 aliphatic carbocycles. The van der Waals surface area contributed by atoms with Crippen LogP contribution in [-0.4, -0.2) is 350 Å². The molecule has 16 unspecified atom stereocenters. The van der Waals surface area contributed by atoms with E-state index in [9.17, 15) is 107 Å². The number of carboxylic acid groups (broad SMARTS) is 1. The van der Waals surface area contributed by atoms with Crippen LogP contribution in [0.5, 0.6) is 0 Å². The first-order valence-electron chi connectivity index (χ1n) is 36.9. The minimum atomic E-state index is -2.23. The van der Waals surface area contributed by atoms with Crippen molar-refractivity contribution in [2.24, 2.45) is 50.2 Å². The van der Waals surface area contributed by atoms with Gasteiger partial charge in [0.1, 0.15) is 146 Å². The Labute approximate surface area is 610 Å². The highest BCUT2D eigenvalue weighted by atomic mass is 16.8. The normalized spacial score (nSPS) is 55.4. The number of aliphatic carboxylic acids is 1.